The van der Waals surface area contributed by atoms with Gasteiger partial charge in [0.25, 0.3) is 10.1 Å². The number of fused-ring (bicyclic) bond motifs is 1. The van der Waals surface area contributed by atoms with Gasteiger partial charge in [0.1, 0.15) is 0 Å². The predicted molar refractivity (Wildman–Crippen MR) is 55.5 cm³/mol. The Balaban J connectivity index is 0.000000980. The Kier molecular flexibility index (Phi) is 2.89. The molecule has 2 heterocycles. The zero-order chi connectivity index (χ0) is 9.47. The summed E-state index contributed by atoms with van der Waals surface area (Å²) in [6, 6.07) is 0. The van der Waals surface area contributed by atoms with Crippen LogP contribution in [0.25, 0.3) is 0 Å². The van der Waals surface area contributed by atoms with E-state index < -0.39 is 10.1 Å². The van der Waals surface area contributed by atoms with Gasteiger partial charge in [-0.25, -0.2) is 0 Å². The molecule has 7 heteroatoms. The van der Waals surface area contributed by atoms with Crippen LogP contribution in [0, 0.1) is 0 Å². The molecule has 0 fully saturated rings. The second kappa shape index (κ2) is 3.64. The maximum atomic E-state index is 10.7. The first kappa shape index (κ1) is 11.1. The van der Waals surface area contributed by atoms with E-state index >= 15 is 0 Å². The lowest BCUT2D eigenvalue weighted by Gasteiger charge is -2.08. The highest BCUT2D eigenvalue weighted by molar-refractivity contribution is 7.89. The van der Waals surface area contributed by atoms with Crippen molar-refractivity contribution >= 4 is 33.9 Å². The molecule has 2 aliphatic heterocycles. The summed E-state index contributed by atoms with van der Waals surface area (Å²) in [4.78, 5) is 7.64. The van der Waals surface area contributed by atoms with Gasteiger partial charge in [-0.2, -0.15) is 8.42 Å². The monoisotopic (exact) mass is 234 g/mol. The van der Waals surface area contributed by atoms with E-state index in [0.717, 1.165) is 6.20 Å². The molecule has 0 unspecified atom stereocenters. The SMILES string of the molecule is Cl.O=S(=O)(O)C1=CN=C2C=CN=C2C1. The second-order valence-corrected chi connectivity index (χ2v) is 4.13. The van der Waals surface area contributed by atoms with Crippen molar-refractivity contribution in [1.82, 2.24) is 0 Å². The summed E-state index contributed by atoms with van der Waals surface area (Å²) in [5.41, 5.74) is 1.24. The van der Waals surface area contributed by atoms with Gasteiger partial charge in [-0.1, -0.05) is 0 Å². The van der Waals surface area contributed by atoms with Crippen molar-refractivity contribution in [2.75, 3.05) is 0 Å². The van der Waals surface area contributed by atoms with E-state index in [2.05, 4.69) is 9.98 Å². The predicted octanol–water partition coefficient (Wildman–Crippen LogP) is 0.950. The van der Waals surface area contributed by atoms with Gasteiger partial charge >= 0.3 is 0 Å². The minimum atomic E-state index is -4.12. The van der Waals surface area contributed by atoms with Crippen LogP contribution in [0.2, 0.25) is 0 Å². The fourth-order valence-electron chi connectivity index (χ4n) is 1.12. The van der Waals surface area contributed by atoms with Crippen LogP contribution in [0.15, 0.2) is 33.4 Å². The molecule has 0 aromatic heterocycles. The van der Waals surface area contributed by atoms with Crippen molar-refractivity contribution in [3.05, 3.63) is 23.4 Å². The minimum Gasteiger partial charge on any atom is -0.282 e. The summed E-state index contributed by atoms with van der Waals surface area (Å²) in [7, 11) is -4.12. The molecule has 0 aromatic carbocycles. The fraction of sp³-hybridized carbons (Fsp3) is 0.143. The fourth-order valence-corrected chi connectivity index (χ4v) is 1.63. The van der Waals surface area contributed by atoms with Gasteiger partial charge in [0, 0.05) is 18.8 Å². The molecule has 0 saturated heterocycles. The van der Waals surface area contributed by atoms with Crippen LogP contribution >= 0.6 is 12.4 Å². The molecular formula is C7H7ClN2O3S. The van der Waals surface area contributed by atoms with Gasteiger partial charge < -0.3 is 0 Å². The van der Waals surface area contributed by atoms with Crippen molar-refractivity contribution in [3.63, 3.8) is 0 Å². The Bertz CT molecular complexity index is 473. The van der Waals surface area contributed by atoms with E-state index in [0.29, 0.717) is 11.4 Å². The third-order valence-corrected chi connectivity index (χ3v) is 2.69. The molecule has 0 amide bonds. The lowest BCUT2D eigenvalue weighted by atomic mass is 10.1. The molecule has 0 spiro atoms. The lowest BCUT2D eigenvalue weighted by Crippen LogP contribution is -2.16. The largest absolute Gasteiger partial charge is 0.292 e. The third kappa shape index (κ3) is 1.92. The highest BCUT2D eigenvalue weighted by atomic mass is 35.5. The molecule has 2 rings (SSSR count). The summed E-state index contributed by atoms with van der Waals surface area (Å²) in [5.74, 6) is 0. The van der Waals surface area contributed by atoms with Crippen LogP contribution in [-0.2, 0) is 10.1 Å². The minimum absolute atomic E-state index is 0. The molecular weight excluding hydrogens is 228 g/mol. The van der Waals surface area contributed by atoms with E-state index in [1.54, 1.807) is 12.3 Å². The first-order chi connectivity index (χ1) is 6.07. The lowest BCUT2D eigenvalue weighted by molar-refractivity contribution is 0.490. The maximum Gasteiger partial charge on any atom is 0.292 e. The van der Waals surface area contributed by atoms with Gasteiger partial charge in [-0.3, -0.25) is 14.5 Å². The second-order valence-electron chi connectivity index (χ2n) is 2.65. The van der Waals surface area contributed by atoms with Crippen LogP contribution in [0.3, 0.4) is 0 Å². The quantitative estimate of drug-likeness (QED) is 0.686. The van der Waals surface area contributed by atoms with Crippen LogP contribution in [-0.4, -0.2) is 24.4 Å². The highest BCUT2D eigenvalue weighted by Gasteiger charge is 2.23. The topological polar surface area (TPSA) is 79.1 Å². The van der Waals surface area contributed by atoms with Crippen molar-refractivity contribution in [2.24, 2.45) is 9.98 Å². The maximum absolute atomic E-state index is 10.7. The molecule has 2 aliphatic rings. The van der Waals surface area contributed by atoms with Gasteiger partial charge in [0.05, 0.1) is 16.3 Å². The number of nitrogens with zero attached hydrogens (tertiary/aromatic N) is 2. The normalized spacial score (nSPS) is 19.1. The summed E-state index contributed by atoms with van der Waals surface area (Å²) < 4.78 is 30.2. The number of halogens is 1. The molecule has 0 radical (unpaired) electrons. The van der Waals surface area contributed by atoms with E-state index in [1.165, 1.54) is 0 Å². The van der Waals surface area contributed by atoms with Crippen molar-refractivity contribution in [1.29, 1.82) is 0 Å². The summed E-state index contributed by atoms with van der Waals surface area (Å²) >= 11 is 0. The molecule has 0 aliphatic carbocycles. The van der Waals surface area contributed by atoms with E-state index in [4.69, 9.17) is 4.55 Å². The standard InChI is InChI=1S/C7H6N2O3S.ClH/c10-13(11,12)5-3-7-6(9-4-5)1-2-8-7;/h1-2,4H,3H2,(H,10,11,12);1H. The zero-order valence-corrected chi connectivity index (χ0v) is 8.55. The summed E-state index contributed by atoms with van der Waals surface area (Å²) in [6.07, 6.45) is 4.51. The molecule has 0 atom stereocenters. The van der Waals surface area contributed by atoms with Crippen LogP contribution in [0.1, 0.15) is 6.42 Å². The van der Waals surface area contributed by atoms with Gasteiger partial charge in [0.15, 0.2) is 0 Å². The van der Waals surface area contributed by atoms with Crippen LogP contribution in [0.4, 0.5) is 0 Å². The Morgan fingerprint density at radius 2 is 2.07 bits per heavy atom. The van der Waals surface area contributed by atoms with Gasteiger partial charge in [0.2, 0.25) is 0 Å². The van der Waals surface area contributed by atoms with Crippen molar-refractivity contribution < 1.29 is 13.0 Å². The molecule has 0 aromatic rings. The van der Waals surface area contributed by atoms with Gasteiger partial charge in [-0.15, -0.1) is 12.4 Å². The number of allylic oxidation sites excluding steroid dienone is 2. The first-order valence-electron chi connectivity index (χ1n) is 3.55. The molecule has 0 bridgehead atoms. The molecule has 0 saturated carbocycles. The van der Waals surface area contributed by atoms with Gasteiger partial charge in [-0.05, 0) is 6.08 Å². The van der Waals surface area contributed by atoms with Crippen molar-refractivity contribution in [2.45, 2.75) is 6.42 Å². The Labute approximate surface area is 87.1 Å². The Morgan fingerprint density at radius 3 is 2.71 bits per heavy atom. The average molecular weight is 235 g/mol. The number of rotatable bonds is 1. The van der Waals surface area contributed by atoms with Crippen LogP contribution in [0.5, 0.6) is 0 Å². The third-order valence-electron chi connectivity index (χ3n) is 1.78. The Morgan fingerprint density at radius 1 is 1.36 bits per heavy atom. The summed E-state index contributed by atoms with van der Waals surface area (Å²) in [6.45, 7) is 0. The van der Waals surface area contributed by atoms with Crippen molar-refractivity contribution in [3.8, 4) is 0 Å². The average Bonchev–Trinajstić information content (AvgIpc) is 2.47. The van der Waals surface area contributed by atoms with E-state index in [9.17, 15) is 8.42 Å². The zero-order valence-electron chi connectivity index (χ0n) is 6.91. The first-order valence-corrected chi connectivity index (χ1v) is 4.99. The Hall–Kier alpha value is -0.980. The highest BCUT2D eigenvalue weighted by Crippen LogP contribution is 2.18. The number of hydrogen-bond acceptors (Lipinski definition) is 4. The summed E-state index contributed by atoms with van der Waals surface area (Å²) in [5, 5.41) is 0. The van der Waals surface area contributed by atoms with E-state index in [1.807, 2.05) is 0 Å². The van der Waals surface area contributed by atoms with E-state index in [-0.39, 0.29) is 23.7 Å². The van der Waals surface area contributed by atoms with Crippen LogP contribution < -0.4 is 0 Å². The number of aliphatic imine (C=N–C) groups is 2. The molecule has 14 heavy (non-hydrogen) atoms. The smallest absolute Gasteiger partial charge is 0.282 e. The molecule has 5 nitrogen and oxygen atoms in total. The number of hydrogen-bond donors (Lipinski definition) is 1. The molecule has 76 valence electrons. The molecule has 1 N–H and O–H groups in total.